The maximum atomic E-state index is 12.9. The number of anilines is 1. The number of H-pyrrole nitrogens is 1. The molecule has 2 aliphatic rings. The molecular weight excluding hydrogens is 438 g/mol. The number of hydrogen-bond acceptors (Lipinski definition) is 7. The van der Waals surface area contributed by atoms with Gasteiger partial charge in [0, 0.05) is 57.4 Å². The average molecular weight is 478 g/mol. The molecular formula is C24H39N5O5. The van der Waals surface area contributed by atoms with Crippen LogP contribution in [-0.4, -0.2) is 90.4 Å². The molecule has 2 saturated heterocycles. The number of aromatic amines is 1. The molecule has 2 fully saturated rings. The third-order valence-electron chi connectivity index (χ3n) is 6.22. The summed E-state index contributed by atoms with van der Waals surface area (Å²) in [5.74, 6) is 0.796. The van der Waals surface area contributed by atoms with Crippen molar-refractivity contribution in [1.29, 1.82) is 0 Å². The second-order valence-corrected chi connectivity index (χ2v) is 10.3. The Bertz CT molecular complexity index is 919. The number of likely N-dealkylation sites (tertiary alicyclic amines) is 1. The van der Waals surface area contributed by atoms with Crippen LogP contribution in [0.2, 0.25) is 0 Å². The monoisotopic (exact) mass is 477 g/mol. The number of aromatic nitrogens is 2. The molecule has 34 heavy (non-hydrogen) atoms. The van der Waals surface area contributed by atoms with Gasteiger partial charge in [-0.2, -0.15) is 0 Å². The number of amides is 2. The van der Waals surface area contributed by atoms with Crippen LogP contribution in [0.4, 0.5) is 10.7 Å². The summed E-state index contributed by atoms with van der Waals surface area (Å²) < 4.78 is 10.8. The Balaban J connectivity index is 1.53. The standard InChI is InChI=1S/C24H39N5O5/c1-17-19(21(31)26-22(25-17)28-11-13-33-14-12-28)8-9-20(30)29-10-6-7-18(16-29)15-27(5)23(32)34-24(2,3)4/h18H,6-16H2,1-5H3,(H,25,26,31). The van der Waals surface area contributed by atoms with Gasteiger partial charge in [-0.15, -0.1) is 0 Å². The number of carbonyl (C=O) groups is 2. The minimum atomic E-state index is -0.537. The van der Waals surface area contributed by atoms with E-state index in [2.05, 4.69) is 9.97 Å². The number of aryl methyl sites for hydroxylation is 1. The lowest BCUT2D eigenvalue weighted by atomic mass is 9.97. The summed E-state index contributed by atoms with van der Waals surface area (Å²) in [5, 5.41) is 0. The second-order valence-electron chi connectivity index (χ2n) is 10.3. The van der Waals surface area contributed by atoms with Gasteiger partial charge in [-0.1, -0.05) is 0 Å². The zero-order valence-corrected chi connectivity index (χ0v) is 21.2. The molecule has 2 amide bonds. The quantitative estimate of drug-likeness (QED) is 0.667. The molecule has 1 unspecified atom stereocenters. The number of morpholine rings is 1. The summed E-state index contributed by atoms with van der Waals surface area (Å²) >= 11 is 0. The molecule has 0 spiro atoms. The molecule has 3 heterocycles. The van der Waals surface area contributed by atoms with E-state index in [4.69, 9.17) is 9.47 Å². The first-order chi connectivity index (χ1) is 16.0. The van der Waals surface area contributed by atoms with E-state index in [9.17, 15) is 14.4 Å². The normalized spacial score (nSPS) is 19.1. The van der Waals surface area contributed by atoms with Crippen molar-refractivity contribution in [2.75, 3.05) is 57.9 Å². The zero-order chi connectivity index (χ0) is 24.9. The van der Waals surface area contributed by atoms with Gasteiger partial charge < -0.3 is 24.2 Å². The van der Waals surface area contributed by atoms with Gasteiger partial charge in [0.25, 0.3) is 5.56 Å². The van der Waals surface area contributed by atoms with E-state index in [1.807, 2.05) is 37.5 Å². The van der Waals surface area contributed by atoms with Crippen molar-refractivity contribution in [2.24, 2.45) is 5.92 Å². The number of ether oxygens (including phenoxy) is 2. The molecule has 190 valence electrons. The SMILES string of the molecule is Cc1nc(N2CCOCC2)[nH]c(=O)c1CCC(=O)N1CCCC(CN(C)C(=O)OC(C)(C)C)C1. The molecule has 3 rings (SSSR count). The van der Waals surface area contributed by atoms with E-state index in [0.29, 0.717) is 69.6 Å². The first-order valence-corrected chi connectivity index (χ1v) is 12.2. The molecule has 0 aromatic carbocycles. The average Bonchev–Trinajstić information content (AvgIpc) is 2.78. The fraction of sp³-hybridized carbons (Fsp3) is 0.750. The maximum Gasteiger partial charge on any atom is 0.410 e. The number of carbonyl (C=O) groups excluding carboxylic acids is 2. The van der Waals surface area contributed by atoms with Gasteiger partial charge in [-0.25, -0.2) is 9.78 Å². The molecule has 1 aromatic heterocycles. The van der Waals surface area contributed by atoms with Crippen molar-refractivity contribution >= 4 is 17.9 Å². The van der Waals surface area contributed by atoms with Crippen LogP contribution < -0.4 is 10.5 Å². The molecule has 2 aliphatic heterocycles. The van der Waals surface area contributed by atoms with Gasteiger partial charge in [0.2, 0.25) is 11.9 Å². The highest BCUT2D eigenvalue weighted by Gasteiger charge is 2.27. The van der Waals surface area contributed by atoms with Gasteiger partial charge in [0.15, 0.2) is 0 Å². The Morgan fingerprint density at radius 2 is 1.94 bits per heavy atom. The van der Waals surface area contributed by atoms with Gasteiger partial charge in [0.1, 0.15) is 5.60 Å². The van der Waals surface area contributed by atoms with Crippen LogP contribution in [0.3, 0.4) is 0 Å². The van der Waals surface area contributed by atoms with Crippen molar-refractivity contribution in [3.63, 3.8) is 0 Å². The third kappa shape index (κ3) is 7.19. The molecule has 0 aliphatic carbocycles. The summed E-state index contributed by atoms with van der Waals surface area (Å²) in [6.07, 6.45) is 2.13. The fourth-order valence-electron chi connectivity index (χ4n) is 4.45. The Morgan fingerprint density at radius 1 is 1.24 bits per heavy atom. The highest BCUT2D eigenvalue weighted by Crippen LogP contribution is 2.20. The van der Waals surface area contributed by atoms with Gasteiger partial charge in [-0.3, -0.25) is 14.6 Å². The first kappa shape index (κ1) is 26.0. The fourth-order valence-corrected chi connectivity index (χ4v) is 4.45. The Labute approximate surface area is 201 Å². The van der Waals surface area contributed by atoms with Gasteiger partial charge in [0.05, 0.1) is 13.2 Å². The largest absolute Gasteiger partial charge is 0.444 e. The summed E-state index contributed by atoms with van der Waals surface area (Å²) in [6, 6.07) is 0. The molecule has 10 heteroatoms. The minimum absolute atomic E-state index is 0.0284. The maximum absolute atomic E-state index is 12.9. The molecule has 0 saturated carbocycles. The lowest BCUT2D eigenvalue weighted by Crippen LogP contribution is -2.45. The number of nitrogens with one attached hydrogen (secondary N) is 1. The predicted molar refractivity (Wildman–Crippen MR) is 129 cm³/mol. The third-order valence-corrected chi connectivity index (χ3v) is 6.22. The molecule has 0 bridgehead atoms. The Hall–Kier alpha value is -2.62. The van der Waals surface area contributed by atoms with Crippen LogP contribution in [0.15, 0.2) is 4.79 Å². The molecule has 1 aromatic rings. The van der Waals surface area contributed by atoms with E-state index < -0.39 is 5.60 Å². The van der Waals surface area contributed by atoms with Crippen LogP contribution in [0.5, 0.6) is 0 Å². The topological polar surface area (TPSA) is 108 Å². The number of rotatable bonds is 6. The summed E-state index contributed by atoms with van der Waals surface area (Å²) in [4.78, 5) is 50.8. The first-order valence-electron chi connectivity index (χ1n) is 12.2. The van der Waals surface area contributed by atoms with Gasteiger partial charge in [-0.05, 0) is 52.9 Å². The van der Waals surface area contributed by atoms with E-state index in [1.54, 1.807) is 11.9 Å². The van der Waals surface area contributed by atoms with Crippen molar-refractivity contribution in [1.82, 2.24) is 19.8 Å². The second kappa shape index (κ2) is 11.2. The van der Waals surface area contributed by atoms with E-state index in [0.717, 1.165) is 12.8 Å². The van der Waals surface area contributed by atoms with Crippen molar-refractivity contribution in [2.45, 2.75) is 59.0 Å². The van der Waals surface area contributed by atoms with E-state index >= 15 is 0 Å². The van der Waals surface area contributed by atoms with Gasteiger partial charge >= 0.3 is 6.09 Å². The van der Waals surface area contributed by atoms with E-state index in [1.165, 1.54) is 0 Å². The molecule has 1 N–H and O–H groups in total. The summed E-state index contributed by atoms with van der Waals surface area (Å²) in [7, 11) is 1.73. The molecule has 1 atom stereocenters. The van der Waals surface area contributed by atoms with Crippen molar-refractivity contribution in [3.05, 3.63) is 21.6 Å². The number of nitrogens with zero attached hydrogens (tertiary/aromatic N) is 4. The number of hydrogen-bond donors (Lipinski definition) is 1. The summed E-state index contributed by atoms with van der Waals surface area (Å²) in [6.45, 7) is 11.8. The lowest BCUT2D eigenvalue weighted by molar-refractivity contribution is -0.133. The Morgan fingerprint density at radius 3 is 2.59 bits per heavy atom. The summed E-state index contributed by atoms with van der Waals surface area (Å²) in [5.41, 5.74) is 0.500. The van der Waals surface area contributed by atoms with Crippen molar-refractivity contribution < 1.29 is 19.1 Å². The highest BCUT2D eigenvalue weighted by molar-refractivity contribution is 5.76. The highest BCUT2D eigenvalue weighted by atomic mass is 16.6. The minimum Gasteiger partial charge on any atom is -0.444 e. The van der Waals surface area contributed by atoms with Crippen LogP contribution in [0, 0.1) is 12.8 Å². The van der Waals surface area contributed by atoms with E-state index in [-0.39, 0.29) is 29.9 Å². The predicted octanol–water partition coefficient (Wildman–Crippen LogP) is 1.95. The lowest BCUT2D eigenvalue weighted by Gasteiger charge is -2.35. The number of piperidine rings is 1. The van der Waals surface area contributed by atoms with Crippen LogP contribution in [-0.2, 0) is 20.7 Å². The van der Waals surface area contributed by atoms with Crippen molar-refractivity contribution in [3.8, 4) is 0 Å². The van der Waals surface area contributed by atoms with Crippen LogP contribution in [0.25, 0.3) is 0 Å². The van der Waals surface area contributed by atoms with Crippen LogP contribution in [0.1, 0.15) is 51.3 Å². The molecule has 10 nitrogen and oxygen atoms in total. The Kier molecular flexibility index (Phi) is 8.57. The zero-order valence-electron chi connectivity index (χ0n) is 21.2. The van der Waals surface area contributed by atoms with Crippen LogP contribution >= 0.6 is 0 Å². The molecule has 0 radical (unpaired) electrons. The smallest absolute Gasteiger partial charge is 0.410 e.